The molecule has 1 aliphatic rings. The number of unbranched alkanes of at least 4 members (excludes halogenated alkanes) is 6. The fourth-order valence-corrected chi connectivity index (χ4v) is 2.80. The van der Waals surface area contributed by atoms with Gasteiger partial charge in [0.2, 0.25) is 0 Å². The second kappa shape index (κ2) is 10.8. The van der Waals surface area contributed by atoms with Gasteiger partial charge in [0.25, 0.3) is 0 Å². The molecule has 2 unspecified atom stereocenters. The second-order valence-corrected chi connectivity index (χ2v) is 5.83. The molecule has 0 heterocycles. The third-order valence-corrected chi connectivity index (χ3v) is 4.08. The molecule has 2 N–H and O–H groups in total. The Morgan fingerprint density at radius 3 is 2.33 bits per heavy atom. The summed E-state index contributed by atoms with van der Waals surface area (Å²) in [6.45, 7) is 3.19. The molecule has 0 saturated heterocycles. The van der Waals surface area contributed by atoms with E-state index in [1.54, 1.807) is 0 Å². The normalized spacial score (nSPS) is 25.0. The van der Waals surface area contributed by atoms with Gasteiger partial charge in [-0.2, -0.15) is 0 Å². The summed E-state index contributed by atoms with van der Waals surface area (Å²) in [5.41, 5.74) is 6.15. The quantitative estimate of drug-likeness (QED) is 0.489. The molecule has 1 fully saturated rings. The standard InChI is InChI=1S/C16H33NO/c1-2-3-4-5-6-7-11-14-18-16-13-10-8-9-12-15(16)17/h15-16H,2-14,17H2,1H3. The molecule has 108 valence electrons. The first-order valence-corrected chi connectivity index (χ1v) is 8.21. The van der Waals surface area contributed by atoms with Crippen LogP contribution < -0.4 is 5.73 Å². The molecule has 0 aromatic rings. The Morgan fingerprint density at radius 1 is 0.889 bits per heavy atom. The predicted molar refractivity (Wildman–Crippen MR) is 78.8 cm³/mol. The van der Waals surface area contributed by atoms with E-state index < -0.39 is 0 Å². The van der Waals surface area contributed by atoms with Gasteiger partial charge in [-0.25, -0.2) is 0 Å². The summed E-state index contributed by atoms with van der Waals surface area (Å²) in [5, 5.41) is 0. The average Bonchev–Trinajstić information content (AvgIpc) is 2.58. The van der Waals surface area contributed by atoms with Crippen LogP contribution in [0.4, 0.5) is 0 Å². The van der Waals surface area contributed by atoms with Crippen LogP contribution in [0.2, 0.25) is 0 Å². The first kappa shape index (κ1) is 16.0. The molecule has 2 nitrogen and oxygen atoms in total. The number of hydrogen-bond donors (Lipinski definition) is 1. The maximum absolute atomic E-state index is 6.15. The Hall–Kier alpha value is -0.0800. The van der Waals surface area contributed by atoms with Crippen LogP contribution in [-0.4, -0.2) is 18.8 Å². The Morgan fingerprint density at radius 2 is 1.56 bits per heavy atom. The number of hydrogen-bond acceptors (Lipinski definition) is 2. The van der Waals surface area contributed by atoms with E-state index in [9.17, 15) is 0 Å². The lowest BCUT2D eigenvalue weighted by Gasteiger charge is -2.21. The summed E-state index contributed by atoms with van der Waals surface area (Å²) in [4.78, 5) is 0. The smallest absolute Gasteiger partial charge is 0.0725 e. The molecule has 0 aromatic heterocycles. The first-order valence-electron chi connectivity index (χ1n) is 8.21. The predicted octanol–water partition coefficient (Wildman–Crippen LogP) is 4.41. The van der Waals surface area contributed by atoms with Gasteiger partial charge in [-0.15, -0.1) is 0 Å². The van der Waals surface area contributed by atoms with Crippen molar-refractivity contribution in [2.24, 2.45) is 5.73 Å². The Balaban J connectivity index is 1.93. The maximum Gasteiger partial charge on any atom is 0.0725 e. The molecule has 1 aliphatic carbocycles. The zero-order valence-corrected chi connectivity index (χ0v) is 12.3. The monoisotopic (exact) mass is 255 g/mol. The minimum atomic E-state index is 0.289. The fourth-order valence-electron chi connectivity index (χ4n) is 2.80. The van der Waals surface area contributed by atoms with Crippen molar-refractivity contribution in [2.75, 3.05) is 6.61 Å². The Kier molecular flexibility index (Phi) is 9.59. The fraction of sp³-hybridized carbons (Fsp3) is 1.00. The van der Waals surface area contributed by atoms with Crippen molar-refractivity contribution in [3.63, 3.8) is 0 Å². The summed E-state index contributed by atoms with van der Waals surface area (Å²) in [6, 6.07) is 0.289. The van der Waals surface area contributed by atoms with E-state index >= 15 is 0 Å². The highest BCUT2D eigenvalue weighted by molar-refractivity contribution is 4.76. The second-order valence-electron chi connectivity index (χ2n) is 5.83. The topological polar surface area (TPSA) is 35.2 Å². The van der Waals surface area contributed by atoms with Gasteiger partial charge in [-0.1, -0.05) is 64.7 Å². The van der Waals surface area contributed by atoms with Crippen molar-refractivity contribution in [3.8, 4) is 0 Å². The minimum absolute atomic E-state index is 0.289. The van der Waals surface area contributed by atoms with Gasteiger partial charge >= 0.3 is 0 Å². The highest BCUT2D eigenvalue weighted by Crippen LogP contribution is 2.19. The average molecular weight is 255 g/mol. The van der Waals surface area contributed by atoms with Gasteiger partial charge < -0.3 is 10.5 Å². The van der Waals surface area contributed by atoms with Crippen LogP contribution in [0, 0.1) is 0 Å². The summed E-state index contributed by atoms with van der Waals surface area (Å²) in [5.74, 6) is 0. The van der Waals surface area contributed by atoms with E-state index in [1.165, 1.54) is 70.6 Å². The molecule has 1 saturated carbocycles. The van der Waals surface area contributed by atoms with E-state index in [4.69, 9.17) is 10.5 Å². The molecule has 0 aromatic carbocycles. The zero-order chi connectivity index (χ0) is 13.1. The molecular formula is C16H33NO. The van der Waals surface area contributed by atoms with Crippen LogP contribution in [0.15, 0.2) is 0 Å². The molecule has 0 aliphatic heterocycles. The van der Waals surface area contributed by atoms with Gasteiger partial charge in [0, 0.05) is 12.6 Å². The van der Waals surface area contributed by atoms with E-state index in [1.807, 2.05) is 0 Å². The Labute approximate surface area is 114 Å². The lowest BCUT2D eigenvalue weighted by molar-refractivity contribution is 0.0290. The van der Waals surface area contributed by atoms with E-state index in [2.05, 4.69) is 6.92 Å². The van der Waals surface area contributed by atoms with E-state index in [-0.39, 0.29) is 6.04 Å². The molecular weight excluding hydrogens is 222 g/mol. The lowest BCUT2D eigenvalue weighted by atomic mass is 10.1. The third-order valence-electron chi connectivity index (χ3n) is 4.08. The Bertz CT molecular complexity index is 184. The molecule has 0 radical (unpaired) electrons. The van der Waals surface area contributed by atoms with Crippen LogP contribution >= 0.6 is 0 Å². The first-order chi connectivity index (χ1) is 8.84. The van der Waals surface area contributed by atoms with Gasteiger partial charge in [-0.3, -0.25) is 0 Å². The van der Waals surface area contributed by atoms with Crippen LogP contribution in [0.1, 0.15) is 84.0 Å². The highest BCUT2D eigenvalue weighted by atomic mass is 16.5. The van der Waals surface area contributed by atoms with Crippen LogP contribution in [0.3, 0.4) is 0 Å². The maximum atomic E-state index is 6.15. The molecule has 18 heavy (non-hydrogen) atoms. The summed E-state index contributed by atoms with van der Waals surface area (Å²) in [6.07, 6.45) is 16.1. The van der Waals surface area contributed by atoms with E-state index in [0.717, 1.165) is 13.0 Å². The van der Waals surface area contributed by atoms with Gasteiger partial charge in [0.05, 0.1) is 6.10 Å². The van der Waals surface area contributed by atoms with Gasteiger partial charge in [0.15, 0.2) is 0 Å². The van der Waals surface area contributed by atoms with Crippen molar-refractivity contribution in [3.05, 3.63) is 0 Å². The van der Waals surface area contributed by atoms with Crippen LogP contribution in [-0.2, 0) is 4.74 Å². The van der Waals surface area contributed by atoms with Crippen molar-refractivity contribution in [2.45, 2.75) is 96.1 Å². The zero-order valence-electron chi connectivity index (χ0n) is 12.3. The molecule has 2 atom stereocenters. The number of rotatable bonds is 9. The molecule has 0 spiro atoms. The van der Waals surface area contributed by atoms with Crippen molar-refractivity contribution in [1.82, 2.24) is 0 Å². The van der Waals surface area contributed by atoms with E-state index in [0.29, 0.717) is 6.10 Å². The molecule has 1 rings (SSSR count). The van der Waals surface area contributed by atoms with Crippen LogP contribution in [0.5, 0.6) is 0 Å². The molecule has 0 amide bonds. The van der Waals surface area contributed by atoms with Crippen molar-refractivity contribution in [1.29, 1.82) is 0 Å². The molecule has 2 heteroatoms. The number of nitrogens with two attached hydrogens (primary N) is 1. The van der Waals surface area contributed by atoms with Crippen molar-refractivity contribution >= 4 is 0 Å². The summed E-state index contributed by atoms with van der Waals surface area (Å²) in [7, 11) is 0. The van der Waals surface area contributed by atoms with Crippen LogP contribution in [0.25, 0.3) is 0 Å². The lowest BCUT2D eigenvalue weighted by Crippen LogP contribution is -2.35. The highest BCUT2D eigenvalue weighted by Gasteiger charge is 2.20. The summed E-state index contributed by atoms with van der Waals surface area (Å²) < 4.78 is 5.98. The summed E-state index contributed by atoms with van der Waals surface area (Å²) >= 11 is 0. The van der Waals surface area contributed by atoms with Gasteiger partial charge in [-0.05, 0) is 19.3 Å². The molecule has 0 bridgehead atoms. The number of ether oxygens (including phenoxy) is 1. The SMILES string of the molecule is CCCCCCCCCOC1CCCCCC1N. The largest absolute Gasteiger partial charge is 0.377 e. The third kappa shape index (κ3) is 7.38. The minimum Gasteiger partial charge on any atom is -0.377 e. The van der Waals surface area contributed by atoms with Crippen molar-refractivity contribution < 1.29 is 4.74 Å². The van der Waals surface area contributed by atoms with Gasteiger partial charge in [0.1, 0.15) is 0 Å².